The van der Waals surface area contributed by atoms with Crippen LogP contribution in [0.1, 0.15) is 36.7 Å². The van der Waals surface area contributed by atoms with E-state index >= 15 is 0 Å². The second-order valence-corrected chi connectivity index (χ2v) is 8.53. The highest BCUT2D eigenvalue weighted by molar-refractivity contribution is 7.14. The van der Waals surface area contributed by atoms with Crippen LogP contribution in [0.5, 0.6) is 5.75 Å². The van der Waals surface area contributed by atoms with Gasteiger partial charge in [0.15, 0.2) is 5.13 Å². The summed E-state index contributed by atoms with van der Waals surface area (Å²) in [7, 11) is 1.80. The Hall–Kier alpha value is -3.19. The van der Waals surface area contributed by atoms with Gasteiger partial charge in [0.25, 0.3) is 5.91 Å². The lowest BCUT2D eigenvalue weighted by molar-refractivity contribution is -0.121. The fraction of sp³-hybridized carbons (Fsp3) is 0.261. The maximum atomic E-state index is 12.6. The molecule has 1 N–H and O–H groups in total. The summed E-state index contributed by atoms with van der Waals surface area (Å²) in [6.45, 7) is 6.31. The van der Waals surface area contributed by atoms with Crippen LogP contribution in [0.25, 0.3) is 11.3 Å². The number of carbonyl (C=O) groups excluding carboxylic acids is 2. The summed E-state index contributed by atoms with van der Waals surface area (Å²) in [6.07, 6.45) is 0. The lowest BCUT2D eigenvalue weighted by Crippen LogP contribution is -2.33. The summed E-state index contributed by atoms with van der Waals surface area (Å²) in [5.41, 5.74) is 3.53. The number of amides is 2. The first-order valence-electron chi connectivity index (χ1n) is 9.74. The lowest BCUT2D eigenvalue weighted by atomic mass is 9.85. The van der Waals surface area contributed by atoms with Crippen LogP contribution in [-0.2, 0) is 10.2 Å². The summed E-state index contributed by atoms with van der Waals surface area (Å²) in [4.78, 5) is 31.4. The normalized spacial score (nSPS) is 14.5. The number of likely N-dealkylation sites (N-methyl/N-ethyl adjacent to an activating group) is 1. The van der Waals surface area contributed by atoms with Gasteiger partial charge in [0.05, 0.1) is 17.7 Å². The van der Waals surface area contributed by atoms with Crippen molar-refractivity contribution in [3.63, 3.8) is 0 Å². The van der Waals surface area contributed by atoms with Crippen LogP contribution in [0.15, 0.2) is 47.8 Å². The molecule has 1 aliphatic rings. The van der Waals surface area contributed by atoms with E-state index in [0.29, 0.717) is 23.1 Å². The molecule has 0 bridgehead atoms. The molecule has 30 heavy (non-hydrogen) atoms. The third-order valence-corrected chi connectivity index (χ3v) is 6.06. The number of thiazole rings is 1. The molecule has 0 saturated heterocycles. The predicted molar refractivity (Wildman–Crippen MR) is 120 cm³/mol. The smallest absolute Gasteiger partial charge is 0.257 e. The van der Waals surface area contributed by atoms with E-state index in [1.165, 1.54) is 11.3 Å². The lowest BCUT2D eigenvalue weighted by Gasteiger charge is -2.16. The van der Waals surface area contributed by atoms with E-state index in [4.69, 9.17) is 4.74 Å². The number of ether oxygens (including phenoxy) is 1. The van der Waals surface area contributed by atoms with E-state index in [2.05, 4.69) is 10.3 Å². The second kappa shape index (κ2) is 7.57. The minimum atomic E-state index is -0.571. The SMILES string of the molecule is CCOc1cccc(C(=O)Nc2nc(-c3ccc4c(c3)C(C)(C)C(=O)N4C)cs2)c1. The molecule has 4 rings (SSSR count). The van der Waals surface area contributed by atoms with Crippen LogP contribution >= 0.6 is 11.3 Å². The first-order chi connectivity index (χ1) is 14.3. The Balaban J connectivity index is 1.56. The Kier molecular flexibility index (Phi) is 5.07. The number of anilines is 2. The number of carbonyl (C=O) groups is 2. The van der Waals surface area contributed by atoms with Crippen molar-refractivity contribution in [1.29, 1.82) is 0 Å². The molecule has 7 heteroatoms. The molecule has 6 nitrogen and oxygen atoms in total. The second-order valence-electron chi connectivity index (χ2n) is 7.67. The molecule has 0 atom stereocenters. The zero-order valence-corrected chi connectivity index (χ0v) is 18.2. The number of hydrogen-bond donors (Lipinski definition) is 1. The average Bonchev–Trinajstić information content (AvgIpc) is 3.26. The van der Waals surface area contributed by atoms with Crippen LogP contribution in [-0.4, -0.2) is 30.5 Å². The number of benzene rings is 2. The Bertz CT molecular complexity index is 1140. The fourth-order valence-corrected chi connectivity index (χ4v) is 4.37. The Morgan fingerprint density at radius 1 is 1.23 bits per heavy atom. The topological polar surface area (TPSA) is 71.5 Å². The van der Waals surface area contributed by atoms with Gasteiger partial charge in [-0.25, -0.2) is 4.98 Å². The van der Waals surface area contributed by atoms with Gasteiger partial charge in [-0.2, -0.15) is 0 Å². The molecule has 0 spiro atoms. The van der Waals surface area contributed by atoms with Crippen LogP contribution in [0.2, 0.25) is 0 Å². The quantitative estimate of drug-likeness (QED) is 0.647. The number of hydrogen-bond acceptors (Lipinski definition) is 5. The zero-order chi connectivity index (χ0) is 21.5. The van der Waals surface area contributed by atoms with Gasteiger partial charge in [-0.15, -0.1) is 11.3 Å². The van der Waals surface area contributed by atoms with Gasteiger partial charge in [-0.3, -0.25) is 14.9 Å². The van der Waals surface area contributed by atoms with Crippen molar-refractivity contribution in [2.24, 2.45) is 0 Å². The molecule has 0 radical (unpaired) electrons. The van der Waals surface area contributed by atoms with Gasteiger partial charge in [0.2, 0.25) is 5.91 Å². The molecule has 2 amide bonds. The number of nitrogens with one attached hydrogen (secondary N) is 1. The molecule has 2 heterocycles. The minimum Gasteiger partial charge on any atom is -0.494 e. The van der Waals surface area contributed by atoms with Gasteiger partial charge >= 0.3 is 0 Å². The maximum absolute atomic E-state index is 12.6. The predicted octanol–water partition coefficient (Wildman–Crippen LogP) is 4.72. The van der Waals surface area contributed by atoms with Crippen molar-refractivity contribution >= 4 is 34.0 Å². The Labute approximate surface area is 179 Å². The monoisotopic (exact) mass is 421 g/mol. The number of nitrogens with zero attached hydrogens (tertiary/aromatic N) is 2. The summed E-state index contributed by atoms with van der Waals surface area (Å²) < 4.78 is 5.46. The van der Waals surface area contributed by atoms with Crippen molar-refractivity contribution in [2.75, 3.05) is 23.9 Å². The highest BCUT2D eigenvalue weighted by Crippen LogP contribution is 2.42. The zero-order valence-electron chi connectivity index (χ0n) is 17.4. The van der Waals surface area contributed by atoms with Crippen LogP contribution in [0.3, 0.4) is 0 Å². The molecule has 0 saturated carbocycles. The highest BCUT2D eigenvalue weighted by Gasteiger charge is 2.42. The molecular formula is C23H23N3O3S. The molecule has 0 unspecified atom stereocenters. The van der Waals surface area contributed by atoms with Crippen molar-refractivity contribution < 1.29 is 14.3 Å². The van der Waals surface area contributed by atoms with Gasteiger partial charge in [-0.1, -0.05) is 12.1 Å². The molecule has 0 aliphatic carbocycles. The third kappa shape index (κ3) is 3.45. The van der Waals surface area contributed by atoms with Gasteiger partial charge in [-0.05, 0) is 56.7 Å². The number of fused-ring (bicyclic) bond motifs is 1. The Morgan fingerprint density at radius 3 is 2.80 bits per heavy atom. The van der Waals surface area contributed by atoms with Gasteiger partial charge in [0, 0.05) is 29.2 Å². The summed E-state index contributed by atoms with van der Waals surface area (Å²) in [6, 6.07) is 13.0. The van der Waals surface area contributed by atoms with E-state index in [0.717, 1.165) is 22.5 Å². The average molecular weight is 422 g/mol. The maximum Gasteiger partial charge on any atom is 0.257 e. The summed E-state index contributed by atoms with van der Waals surface area (Å²) in [5, 5.41) is 5.27. The Morgan fingerprint density at radius 2 is 2.03 bits per heavy atom. The molecular weight excluding hydrogens is 398 g/mol. The fourth-order valence-electron chi connectivity index (χ4n) is 3.66. The number of rotatable bonds is 5. The van der Waals surface area contributed by atoms with E-state index in [9.17, 15) is 9.59 Å². The van der Waals surface area contributed by atoms with Crippen molar-refractivity contribution in [3.05, 3.63) is 59.0 Å². The van der Waals surface area contributed by atoms with Crippen molar-refractivity contribution in [2.45, 2.75) is 26.2 Å². The van der Waals surface area contributed by atoms with E-state index in [-0.39, 0.29) is 11.8 Å². The molecule has 2 aromatic carbocycles. The third-order valence-electron chi connectivity index (χ3n) is 5.30. The molecule has 1 aromatic heterocycles. The standard InChI is InChI=1S/C23H23N3O3S/c1-5-29-16-8-6-7-15(11-16)20(27)25-22-24-18(13-30-22)14-9-10-19-17(12-14)23(2,3)21(28)26(19)4/h6-13H,5H2,1-4H3,(H,24,25,27). The van der Waals surface area contributed by atoms with E-state index in [1.54, 1.807) is 30.1 Å². The van der Waals surface area contributed by atoms with Gasteiger partial charge in [0.1, 0.15) is 5.75 Å². The molecule has 1 aliphatic heterocycles. The van der Waals surface area contributed by atoms with E-state index in [1.807, 2.05) is 50.4 Å². The van der Waals surface area contributed by atoms with E-state index < -0.39 is 5.41 Å². The highest BCUT2D eigenvalue weighted by atomic mass is 32.1. The first-order valence-corrected chi connectivity index (χ1v) is 10.6. The van der Waals surface area contributed by atoms with Gasteiger partial charge < -0.3 is 9.64 Å². The first kappa shape index (κ1) is 20.1. The summed E-state index contributed by atoms with van der Waals surface area (Å²) in [5.74, 6) is 0.500. The molecule has 3 aromatic rings. The molecule has 0 fully saturated rings. The number of aromatic nitrogens is 1. The largest absolute Gasteiger partial charge is 0.494 e. The summed E-state index contributed by atoms with van der Waals surface area (Å²) >= 11 is 1.36. The van der Waals surface area contributed by atoms with Crippen LogP contribution < -0.4 is 15.0 Å². The van der Waals surface area contributed by atoms with Crippen LogP contribution in [0, 0.1) is 0 Å². The van der Waals surface area contributed by atoms with Crippen molar-refractivity contribution in [3.8, 4) is 17.0 Å². The van der Waals surface area contributed by atoms with Crippen molar-refractivity contribution in [1.82, 2.24) is 4.98 Å². The minimum absolute atomic E-state index is 0.0789. The molecule has 154 valence electrons. The van der Waals surface area contributed by atoms with Crippen LogP contribution in [0.4, 0.5) is 10.8 Å².